The predicted molar refractivity (Wildman–Crippen MR) is 103 cm³/mol. The van der Waals surface area contributed by atoms with Crippen LogP contribution in [0.25, 0.3) is 11.5 Å². The Bertz CT molecular complexity index is 744. The standard InChI is InChI=1S/C19H26N4O2.ClH/c1-18(2,3)17(24)21-12-13-6-8-14(9-7-13)15-22-16(23-25-15)19(20)10-4-5-11-19;/h6-9H,4-5,10-12,20H2,1-3H3,(H,21,24);1H. The van der Waals surface area contributed by atoms with E-state index < -0.39 is 11.0 Å². The molecule has 1 aliphatic carbocycles. The fourth-order valence-electron chi connectivity index (χ4n) is 2.99. The number of aromatic nitrogens is 2. The second-order valence-corrected chi connectivity index (χ2v) is 7.92. The van der Waals surface area contributed by atoms with Crippen LogP contribution in [0.1, 0.15) is 57.8 Å². The predicted octanol–water partition coefficient (Wildman–Crippen LogP) is 3.55. The first-order valence-electron chi connectivity index (χ1n) is 8.79. The molecule has 1 aliphatic rings. The van der Waals surface area contributed by atoms with Gasteiger partial charge in [0.25, 0.3) is 5.89 Å². The highest BCUT2D eigenvalue weighted by Gasteiger charge is 2.36. The number of amides is 1. The molecule has 0 radical (unpaired) electrons. The van der Waals surface area contributed by atoms with Gasteiger partial charge in [-0.15, -0.1) is 12.4 Å². The zero-order valence-corrected chi connectivity index (χ0v) is 16.4. The number of benzene rings is 1. The molecule has 3 N–H and O–H groups in total. The largest absolute Gasteiger partial charge is 0.352 e. The number of hydrogen-bond acceptors (Lipinski definition) is 5. The van der Waals surface area contributed by atoms with Gasteiger partial charge in [0.15, 0.2) is 5.82 Å². The lowest BCUT2D eigenvalue weighted by Gasteiger charge is -2.17. The number of nitrogens with one attached hydrogen (secondary N) is 1. The first-order valence-corrected chi connectivity index (χ1v) is 8.79. The summed E-state index contributed by atoms with van der Waals surface area (Å²) in [7, 11) is 0. The van der Waals surface area contributed by atoms with Crippen molar-refractivity contribution in [2.75, 3.05) is 0 Å². The third kappa shape index (κ3) is 4.43. The van der Waals surface area contributed by atoms with Crippen molar-refractivity contribution < 1.29 is 9.32 Å². The molecule has 1 fully saturated rings. The molecule has 0 unspecified atom stereocenters. The lowest BCUT2D eigenvalue weighted by molar-refractivity contribution is -0.128. The van der Waals surface area contributed by atoms with Crippen molar-refractivity contribution in [2.24, 2.45) is 11.1 Å². The van der Waals surface area contributed by atoms with E-state index in [1.165, 1.54) is 0 Å². The molecule has 142 valence electrons. The minimum absolute atomic E-state index is 0. The average molecular weight is 379 g/mol. The van der Waals surface area contributed by atoms with Crippen LogP contribution >= 0.6 is 12.4 Å². The van der Waals surface area contributed by atoms with Crippen molar-refractivity contribution in [1.29, 1.82) is 0 Å². The molecule has 7 heteroatoms. The molecule has 1 heterocycles. The Morgan fingerprint density at radius 1 is 1.23 bits per heavy atom. The van der Waals surface area contributed by atoms with Crippen LogP contribution in [-0.2, 0) is 16.9 Å². The van der Waals surface area contributed by atoms with Crippen molar-refractivity contribution in [3.8, 4) is 11.5 Å². The summed E-state index contributed by atoms with van der Waals surface area (Å²) in [5.74, 6) is 1.11. The first-order chi connectivity index (χ1) is 11.8. The van der Waals surface area contributed by atoms with E-state index in [0.717, 1.165) is 36.8 Å². The van der Waals surface area contributed by atoms with Gasteiger partial charge in [0.2, 0.25) is 5.91 Å². The van der Waals surface area contributed by atoms with E-state index >= 15 is 0 Å². The quantitative estimate of drug-likeness (QED) is 0.848. The summed E-state index contributed by atoms with van der Waals surface area (Å²) in [4.78, 5) is 16.4. The summed E-state index contributed by atoms with van der Waals surface area (Å²) < 4.78 is 5.40. The molecule has 6 nitrogen and oxygen atoms in total. The number of nitrogens with two attached hydrogens (primary N) is 1. The van der Waals surface area contributed by atoms with Crippen molar-refractivity contribution in [3.63, 3.8) is 0 Å². The summed E-state index contributed by atoms with van der Waals surface area (Å²) in [6.07, 6.45) is 4.02. The Morgan fingerprint density at radius 2 is 1.85 bits per heavy atom. The molecule has 1 aromatic carbocycles. The maximum absolute atomic E-state index is 11.9. The van der Waals surface area contributed by atoms with Crippen LogP contribution in [0.2, 0.25) is 0 Å². The maximum atomic E-state index is 11.9. The molecule has 0 spiro atoms. The van der Waals surface area contributed by atoms with Crippen molar-refractivity contribution in [2.45, 2.75) is 58.5 Å². The van der Waals surface area contributed by atoms with E-state index in [1.807, 2.05) is 45.0 Å². The number of rotatable bonds is 4. The summed E-state index contributed by atoms with van der Waals surface area (Å²) >= 11 is 0. The van der Waals surface area contributed by atoms with Gasteiger partial charge in [-0.3, -0.25) is 4.79 Å². The highest BCUT2D eigenvalue weighted by Crippen LogP contribution is 2.35. The fourth-order valence-corrected chi connectivity index (χ4v) is 2.99. The zero-order chi connectivity index (χ0) is 18.1. The number of halogens is 1. The number of hydrogen-bond donors (Lipinski definition) is 2. The summed E-state index contributed by atoms with van der Waals surface area (Å²) in [5.41, 5.74) is 7.41. The Labute approximate surface area is 160 Å². The van der Waals surface area contributed by atoms with Crippen molar-refractivity contribution in [1.82, 2.24) is 15.5 Å². The molecule has 2 aromatic rings. The summed E-state index contributed by atoms with van der Waals surface area (Å²) in [5, 5.41) is 7.02. The van der Waals surface area contributed by atoms with E-state index in [9.17, 15) is 4.79 Å². The fraction of sp³-hybridized carbons (Fsp3) is 0.526. The molecule has 3 rings (SSSR count). The molecule has 1 aromatic heterocycles. The third-order valence-corrected chi connectivity index (χ3v) is 4.70. The smallest absolute Gasteiger partial charge is 0.257 e. The van der Waals surface area contributed by atoms with E-state index in [2.05, 4.69) is 15.5 Å². The van der Waals surface area contributed by atoms with Crippen LogP contribution in [0.5, 0.6) is 0 Å². The Hall–Kier alpha value is -1.92. The Balaban J connectivity index is 0.00000243. The third-order valence-electron chi connectivity index (χ3n) is 4.70. The number of carbonyl (C=O) groups excluding carboxylic acids is 1. The van der Waals surface area contributed by atoms with Crippen LogP contribution < -0.4 is 11.1 Å². The highest BCUT2D eigenvalue weighted by molar-refractivity contribution is 5.85. The minimum Gasteiger partial charge on any atom is -0.352 e. The molecule has 0 saturated heterocycles. The van der Waals surface area contributed by atoms with Crippen LogP contribution in [-0.4, -0.2) is 16.0 Å². The molecule has 0 bridgehead atoms. The van der Waals surface area contributed by atoms with Gasteiger partial charge in [0, 0.05) is 17.5 Å². The summed E-state index contributed by atoms with van der Waals surface area (Å²) in [6, 6.07) is 7.76. The Kier molecular flexibility index (Phi) is 6.09. The summed E-state index contributed by atoms with van der Waals surface area (Å²) in [6.45, 7) is 6.19. The molecule has 1 saturated carbocycles. The van der Waals surface area contributed by atoms with Gasteiger partial charge in [-0.2, -0.15) is 4.98 Å². The van der Waals surface area contributed by atoms with E-state index in [-0.39, 0.29) is 18.3 Å². The van der Waals surface area contributed by atoms with Gasteiger partial charge < -0.3 is 15.6 Å². The van der Waals surface area contributed by atoms with Crippen molar-refractivity contribution in [3.05, 3.63) is 35.7 Å². The van der Waals surface area contributed by atoms with Gasteiger partial charge in [-0.1, -0.05) is 50.9 Å². The van der Waals surface area contributed by atoms with Crippen LogP contribution in [0, 0.1) is 5.41 Å². The van der Waals surface area contributed by atoms with Crippen molar-refractivity contribution >= 4 is 18.3 Å². The first kappa shape index (κ1) is 20.4. The van der Waals surface area contributed by atoms with E-state index in [1.54, 1.807) is 0 Å². The van der Waals surface area contributed by atoms with Gasteiger partial charge in [0.1, 0.15) is 0 Å². The molecular weight excluding hydrogens is 352 g/mol. The maximum Gasteiger partial charge on any atom is 0.257 e. The molecule has 0 aliphatic heterocycles. The molecule has 26 heavy (non-hydrogen) atoms. The SMILES string of the molecule is CC(C)(C)C(=O)NCc1ccc(-c2nc(C3(N)CCCC3)no2)cc1.Cl. The normalized spacial score (nSPS) is 16.2. The zero-order valence-electron chi connectivity index (χ0n) is 15.5. The van der Waals surface area contributed by atoms with Gasteiger partial charge >= 0.3 is 0 Å². The van der Waals surface area contributed by atoms with Gasteiger partial charge in [0.05, 0.1) is 5.54 Å². The highest BCUT2D eigenvalue weighted by atomic mass is 35.5. The molecular formula is C19H27ClN4O2. The second-order valence-electron chi connectivity index (χ2n) is 7.92. The molecule has 0 atom stereocenters. The van der Waals surface area contributed by atoms with Gasteiger partial charge in [-0.05, 0) is 30.5 Å². The van der Waals surface area contributed by atoms with Crippen LogP contribution in [0.15, 0.2) is 28.8 Å². The lowest BCUT2D eigenvalue weighted by Crippen LogP contribution is -2.34. The minimum atomic E-state index is -0.446. The van der Waals surface area contributed by atoms with Crippen LogP contribution in [0.4, 0.5) is 0 Å². The second kappa shape index (κ2) is 7.76. The van der Waals surface area contributed by atoms with E-state index in [0.29, 0.717) is 18.3 Å². The Morgan fingerprint density at radius 3 is 2.42 bits per heavy atom. The number of nitrogens with zero attached hydrogens (tertiary/aromatic N) is 2. The van der Waals surface area contributed by atoms with Crippen LogP contribution in [0.3, 0.4) is 0 Å². The van der Waals surface area contributed by atoms with Gasteiger partial charge in [-0.25, -0.2) is 0 Å². The number of carbonyl (C=O) groups is 1. The topological polar surface area (TPSA) is 94.0 Å². The van der Waals surface area contributed by atoms with E-state index in [4.69, 9.17) is 10.3 Å². The monoisotopic (exact) mass is 378 g/mol. The lowest BCUT2D eigenvalue weighted by atomic mass is 9.95. The molecule has 1 amide bonds. The average Bonchev–Trinajstić information content (AvgIpc) is 3.22.